The topological polar surface area (TPSA) is 87.4 Å². The van der Waals surface area contributed by atoms with Crippen LogP contribution < -0.4 is 10.6 Å². The minimum absolute atomic E-state index is 0.104. The Bertz CT molecular complexity index is 814. The Morgan fingerprint density at radius 3 is 2.78 bits per heavy atom. The van der Waals surface area contributed by atoms with Crippen molar-refractivity contribution in [3.63, 3.8) is 0 Å². The summed E-state index contributed by atoms with van der Waals surface area (Å²) in [6.45, 7) is 0. The maximum atomic E-state index is 12.1. The van der Waals surface area contributed by atoms with Crippen LogP contribution in [-0.2, 0) is 11.2 Å². The van der Waals surface area contributed by atoms with E-state index in [9.17, 15) is 9.90 Å². The predicted molar refractivity (Wildman–Crippen MR) is 87.3 cm³/mol. The molecule has 0 aliphatic carbocycles. The van der Waals surface area contributed by atoms with Crippen molar-refractivity contribution >= 4 is 23.0 Å². The van der Waals surface area contributed by atoms with Gasteiger partial charge in [0.15, 0.2) is 5.58 Å². The molecule has 0 spiro atoms. The van der Waals surface area contributed by atoms with Crippen LogP contribution in [0.4, 0.5) is 6.01 Å². The van der Waals surface area contributed by atoms with Crippen LogP contribution in [0.2, 0.25) is 0 Å². The van der Waals surface area contributed by atoms with E-state index in [0.717, 1.165) is 5.56 Å². The zero-order valence-corrected chi connectivity index (χ0v) is 12.6. The lowest BCUT2D eigenvalue weighted by Gasteiger charge is -2.15. The first-order chi connectivity index (χ1) is 11.2. The molecule has 0 saturated heterocycles. The number of anilines is 1. The van der Waals surface area contributed by atoms with Crippen LogP contribution in [0.25, 0.3) is 11.1 Å². The van der Waals surface area contributed by atoms with Gasteiger partial charge in [0.1, 0.15) is 17.3 Å². The summed E-state index contributed by atoms with van der Waals surface area (Å²) in [4.78, 5) is 16.4. The Hall–Kier alpha value is -3.02. The van der Waals surface area contributed by atoms with E-state index < -0.39 is 6.04 Å². The number of amides is 1. The molecule has 0 aliphatic rings. The van der Waals surface area contributed by atoms with Gasteiger partial charge in [0.2, 0.25) is 5.91 Å². The maximum Gasteiger partial charge on any atom is 0.296 e. The van der Waals surface area contributed by atoms with Gasteiger partial charge in [-0.2, -0.15) is 4.98 Å². The van der Waals surface area contributed by atoms with Crippen molar-refractivity contribution < 1.29 is 14.3 Å². The molecule has 0 fully saturated rings. The van der Waals surface area contributed by atoms with Crippen LogP contribution in [0.1, 0.15) is 5.56 Å². The number of hydrogen-bond acceptors (Lipinski definition) is 5. The fraction of sp³-hybridized carbons (Fsp3) is 0.176. The molecule has 0 radical (unpaired) electrons. The second kappa shape index (κ2) is 6.39. The molecule has 3 aromatic rings. The number of phenolic OH excluding ortho intramolecular Hbond substituents is 1. The third-order valence-corrected chi connectivity index (χ3v) is 3.52. The quantitative estimate of drug-likeness (QED) is 0.673. The molecule has 3 rings (SSSR count). The number of carbonyl (C=O) groups is 1. The van der Waals surface area contributed by atoms with E-state index in [1.54, 1.807) is 13.1 Å². The lowest BCUT2D eigenvalue weighted by molar-refractivity contribution is -0.121. The first kappa shape index (κ1) is 14.9. The number of rotatable bonds is 5. The number of likely N-dealkylation sites (N-methyl/N-ethyl adjacent to an activating group) is 1. The third-order valence-electron chi connectivity index (χ3n) is 3.52. The highest BCUT2D eigenvalue weighted by molar-refractivity contribution is 5.84. The van der Waals surface area contributed by atoms with Crippen LogP contribution in [0.15, 0.2) is 52.9 Å². The van der Waals surface area contributed by atoms with Gasteiger partial charge in [-0.15, -0.1) is 0 Å². The summed E-state index contributed by atoms with van der Waals surface area (Å²) in [5.41, 5.74) is 2.10. The fourth-order valence-electron chi connectivity index (χ4n) is 2.36. The summed E-state index contributed by atoms with van der Waals surface area (Å²) in [6.07, 6.45) is 0.504. The van der Waals surface area contributed by atoms with Crippen LogP contribution >= 0.6 is 0 Å². The van der Waals surface area contributed by atoms with Crippen LogP contribution in [0.3, 0.4) is 0 Å². The maximum absolute atomic E-state index is 12.1. The summed E-state index contributed by atoms with van der Waals surface area (Å²) in [5, 5.41) is 15.1. The minimum atomic E-state index is -0.510. The van der Waals surface area contributed by atoms with E-state index in [1.165, 1.54) is 12.1 Å². The Morgan fingerprint density at radius 1 is 1.26 bits per heavy atom. The number of benzene rings is 2. The number of carbonyl (C=O) groups excluding carboxylic acids is 1. The molecule has 6 nitrogen and oxygen atoms in total. The third kappa shape index (κ3) is 3.42. The molecule has 1 unspecified atom stereocenters. The Kier molecular flexibility index (Phi) is 4.14. The predicted octanol–water partition coefficient (Wildman–Crippen LogP) is 2.30. The molecule has 1 heterocycles. The minimum Gasteiger partial charge on any atom is -0.508 e. The largest absolute Gasteiger partial charge is 0.508 e. The van der Waals surface area contributed by atoms with Gasteiger partial charge >= 0.3 is 0 Å². The molecule has 0 bridgehead atoms. The van der Waals surface area contributed by atoms with Gasteiger partial charge in [0, 0.05) is 19.5 Å². The van der Waals surface area contributed by atoms with Crippen molar-refractivity contribution in [1.29, 1.82) is 0 Å². The number of nitrogens with one attached hydrogen (secondary N) is 2. The van der Waals surface area contributed by atoms with Crippen molar-refractivity contribution in [3.05, 3.63) is 54.1 Å². The molecule has 6 heteroatoms. The van der Waals surface area contributed by atoms with Crippen LogP contribution in [-0.4, -0.2) is 29.1 Å². The van der Waals surface area contributed by atoms with E-state index in [2.05, 4.69) is 15.6 Å². The molecule has 3 N–H and O–H groups in total. The van der Waals surface area contributed by atoms with Gasteiger partial charge in [-0.25, -0.2) is 0 Å². The molecule has 1 aromatic heterocycles. The summed E-state index contributed by atoms with van der Waals surface area (Å²) >= 11 is 0. The molecule has 0 aliphatic heterocycles. The van der Waals surface area contributed by atoms with E-state index >= 15 is 0 Å². The zero-order chi connectivity index (χ0) is 16.2. The monoisotopic (exact) mass is 311 g/mol. The van der Waals surface area contributed by atoms with Gasteiger partial charge in [0.25, 0.3) is 6.01 Å². The van der Waals surface area contributed by atoms with E-state index in [1.807, 2.05) is 30.3 Å². The second-order valence-electron chi connectivity index (χ2n) is 5.17. The number of hydrogen-bond donors (Lipinski definition) is 3. The molecule has 2 aromatic carbocycles. The molecular weight excluding hydrogens is 294 g/mol. The molecule has 1 amide bonds. The highest BCUT2D eigenvalue weighted by Crippen LogP contribution is 2.23. The Labute approximate surface area is 133 Å². The summed E-state index contributed by atoms with van der Waals surface area (Å²) in [5.74, 6) is -0.0497. The van der Waals surface area contributed by atoms with E-state index in [4.69, 9.17) is 4.42 Å². The van der Waals surface area contributed by atoms with Gasteiger partial charge < -0.3 is 20.2 Å². The molecular formula is C17H17N3O3. The molecule has 0 saturated carbocycles. The first-order valence-corrected chi connectivity index (χ1v) is 7.27. The van der Waals surface area contributed by atoms with Crippen LogP contribution in [0.5, 0.6) is 5.75 Å². The lowest BCUT2D eigenvalue weighted by atomic mass is 10.1. The summed E-state index contributed by atoms with van der Waals surface area (Å²) < 4.78 is 5.55. The average molecular weight is 311 g/mol. The van der Waals surface area contributed by atoms with Gasteiger partial charge in [0.05, 0.1) is 0 Å². The van der Waals surface area contributed by atoms with Crippen molar-refractivity contribution in [3.8, 4) is 5.75 Å². The number of nitrogens with zero attached hydrogens (tertiary/aromatic N) is 1. The van der Waals surface area contributed by atoms with Crippen molar-refractivity contribution in [1.82, 2.24) is 10.3 Å². The van der Waals surface area contributed by atoms with E-state index in [-0.39, 0.29) is 17.7 Å². The average Bonchev–Trinajstić information content (AvgIpc) is 2.96. The van der Waals surface area contributed by atoms with E-state index in [0.29, 0.717) is 17.5 Å². The SMILES string of the molecule is CNC(=O)C(Cc1ccccc1)Nc1nc2ccc(O)cc2o1. The van der Waals surface area contributed by atoms with Gasteiger partial charge in [-0.05, 0) is 17.7 Å². The highest BCUT2D eigenvalue weighted by atomic mass is 16.4. The Morgan fingerprint density at radius 2 is 2.04 bits per heavy atom. The number of aromatic hydroxyl groups is 1. The van der Waals surface area contributed by atoms with Crippen LogP contribution in [0, 0.1) is 0 Å². The smallest absolute Gasteiger partial charge is 0.296 e. The lowest BCUT2D eigenvalue weighted by Crippen LogP contribution is -2.39. The normalized spacial score (nSPS) is 12.0. The van der Waals surface area contributed by atoms with Gasteiger partial charge in [-0.1, -0.05) is 30.3 Å². The number of fused-ring (bicyclic) bond motifs is 1. The highest BCUT2D eigenvalue weighted by Gasteiger charge is 2.20. The Balaban J connectivity index is 1.83. The summed E-state index contributed by atoms with van der Waals surface area (Å²) in [7, 11) is 1.59. The number of phenols is 1. The number of oxazole rings is 1. The standard InChI is InChI=1S/C17H17N3O3/c1-18-16(22)14(9-11-5-3-2-4-6-11)20-17-19-13-8-7-12(21)10-15(13)23-17/h2-8,10,14,21H,9H2,1H3,(H,18,22)(H,19,20). The zero-order valence-electron chi connectivity index (χ0n) is 12.6. The van der Waals surface area contributed by atoms with Crippen molar-refractivity contribution in [2.75, 3.05) is 12.4 Å². The summed E-state index contributed by atoms with van der Waals surface area (Å²) in [6, 6.07) is 14.1. The second-order valence-corrected chi connectivity index (χ2v) is 5.17. The molecule has 23 heavy (non-hydrogen) atoms. The number of aromatic nitrogens is 1. The first-order valence-electron chi connectivity index (χ1n) is 7.27. The van der Waals surface area contributed by atoms with Gasteiger partial charge in [-0.3, -0.25) is 4.79 Å². The molecule has 1 atom stereocenters. The fourth-order valence-corrected chi connectivity index (χ4v) is 2.36. The van der Waals surface area contributed by atoms with Crippen molar-refractivity contribution in [2.45, 2.75) is 12.5 Å². The van der Waals surface area contributed by atoms with Crippen molar-refractivity contribution in [2.24, 2.45) is 0 Å². The molecule has 118 valence electrons.